The van der Waals surface area contributed by atoms with Gasteiger partial charge in [0.25, 0.3) is 0 Å². The Morgan fingerprint density at radius 2 is 2.29 bits per heavy atom. The van der Waals surface area contributed by atoms with E-state index >= 15 is 0 Å². The number of aromatic nitrogens is 2. The van der Waals surface area contributed by atoms with Crippen molar-refractivity contribution in [2.45, 2.75) is 37.8 Å². The molecule has 1 saturated carbocycles. The van der Waals surface area contributed by atoms with E-state index < -0.39 is 0 Å². The summed E-state index contributed by atoms with van der Waals surface area (Å²) in [5, 5.41) is 11.9. The van der Waals surface area contributed by atoms with Crippen molar-refractivity contribution in [1.29, 1.82) is 0 Å². The van der Waals surface area contributed by atoms with Gasteiger partial charge in [-0.15, -0.1) is 0 Å². The lowest BCUT2D eigenvalue weighted by Crippen LogP contribution is -2.34. The smallest absolute Gasteiger partial charge is 0.0881 e. The van der Waals surface area contributed by atoms with Gasteiger partial charge in [0.05, 0.1) is 17.4 Å². The molecule has 0 amide bonds. The van der Waals surface area contributed by atoms with Crippen molar-refractivity contribution in [1.82, 2.24) is 10.2 Å². The maximum absolute atomic E-state index is 6.01. The zero-order chi connectivity index (χ0) is 11.7. The largest absolute Gasteiger partial charge is 0.381 e. The molecule has 0 spiro atoms. The van der Waals surface area contributed by atoms with E-state index in [0.29, 0.717) is 12.1 Å². The van der Waals surface area contributed by atoms with Crippen molar-refractivity contribution in [2.75, 3.05) is 5.32 Å². The summed E-state index contributed by atoms with van der Waals surface area (Å²) in [5.74, 6) is 0. The van der Waals surface area contributed by atoms with Gasteiger partial charge in [-0.1, -0.05) is 12.1 Å². The van der Waals surface area contributed by atoms with Gasteiger partial charge in [-0.05, 0) is 31.7 Å². The first-order valence-corrected chi connectivity index (χ1v) is 6.27. The highest BCUT2D eigenvalue weighted by Gasteiger charge is 2.19. The van der Waals surface area contributed by atoms with Crippen molar-refractivity contribution in [3.63, 3.8) is 0 Å². The molecule has 0 radical (unpaired) electrons. The van der Waals surface area contributed by atoms with Gasteiger partial charge in [-0.2, -0.15) is 5.10 Å². The van der Waals surface area contributed by atoms with Crippen LogP contribution in [0, 0.1) is 0 Å². The van der Waals surface area contributed by atoms with Crippen LogP contribution in [0.3, 0.4) is 0 Å². The Balaban J connectivity index is 1.82. The summed E-state index contributed by atoms with van der Waals surface area (Å²) in [6.45, 7) is 0. The van der Waals surface area contributed by atoms with Crippen LogP contribution in [0.4, 0.5) is 5.69 Å². The molecule has 2 unspecified atom stereocenters. The Morgan fingerprint density at radius 3 is 3.18 bits per heavy atom. The predicted molar refractivity (Wildman–Crippen MR) is 69.9 cm³/mol. The highest BCUT2D eigenvalue weighted by atomic mass is 15.1. The first kappa shape index (κ1) is 10.6. The predicted octanol–water partition coefficient (Wildman–Crippen LogP) is 2.24. The van der Waals surface area contributed by atoms with E-state index in [9.17, 15) is 0 Å². The lowest BCUT2D eigenvalue weighted by atomic mass is 9.91. The van der Waals surface area contributed by atoms with Crippen LogP contribution >= 0.6 is 0 Å². The average molecular weight is 230 g/mol. The number of nitrogens with one attached hydrogen (secondary N) is 2. The Labute approximate surface area is 101 Å². The second-order valence-corrected chi connectivity index (χ2v) is 4.91. The summed E-state index contributed by atoms with van der Waals surface area (Å²) in [7, 11) is 0. The molecule has 1 fully saturated rings. The molecule has 4 nitrogen and oxygen atoms in total. The average Bonchev–Trinajstić information content (AvgIpc) is 2.78. The summed E-state index contributed by atoms with van der Waals surface area (Å²) < 4.78 is 0. The molecule has 0 saturated heterocycles. The van der Waals surface area contributed by atoms with Crippen LogP contribution < -0.4 is 11.1 Å². The van der Waals surface area contributed by atoms with Crippen molar-refractivity contribution in [3.8, 4) is 0 Å². The summed E-state index contributed by atoms with van der Waals surface area (Å²) in [6, 6.07) is 7.06. The molecule has 4 heteroatoms. The van der Waals surface area contributed by atoms with Crippen molar-refractivity contribution in [2.24, 2.45) is 5.73 Å². The molecule has 1 aromatic carbocycles. The van der Waals surface area contributed by atoms with E-state index in [1.165, 1.54) is 12.8 Å². The van der Waals surface area contributed by atoms with Crippen LogP contribution in [-0.4, -0.2) is 22.3 Å². The lowest BCUT2D eigenvalue weighted by molar-refractivity contribution is 0.409. The van der Waals surface area contributed by atoms with Crippen LogP contribution in [0.15, 0.2) is 24.4 Å². The number of benzene rings is 1. The number of hydrogen-bond acceptors (Lipinski definition) is 3. The molecular formula is C13H18N4. The molecule has 2 aromatic rings. The third kappa shape index (κ3) is 2.13. The normalized spacial score (nSPS) is 25.0. The van der Waals surface area contributed by atoms with Crippen LogP contribution in [-0.2, 0) is 0 Å². The number of hydrogen-bond donors (Lipinski definition) is 3. The Hall–Kier alpha value is -1.55. The molecule has 17 heavy (non-hydrogen) atoms. The zero-order valence-electron chi connectivity index (χ0n) is 9.82. The molecule has 0 bridgehead atoms. The first-order valence-electron chi connectivity index (χ1n) is 6.27. The van der Waals surface area contributed by atoms with Gasteiger partial charge in [0, 0.05) is 17.5 Å². The van der Waals surface area contributed by atoms with E-state index in [-0.39, 0.29) is 0 Å². The highest BCUT2D eigenvalue weighted by Crippen LogP contribution is 2.25. The third-order valence-corrected chi connectivity index (χ3v) is 3.55. The molecule has 1 aromatic heterocycles. The monoisotopic (exact) mass is 230 g/mol. The van der Waals surface area contributed by atoms with Crippen LogP contribution in [0.2, 0.25) is 0 Å². The van der Waals surface area contributed by atoms with E-state index in [1.807, 2.05) is 6.20 Å². The van der Waals surface area contributed by atoms with Gasteiger partial charge in [0.15, 0.2) is 0 Å². The molecule has 1 heterocycles. The summed E-state index contributed by atoms with van der Waals surface area (Å²) in [5.41, 5.74) is 8.24. The van der Waals surface area contributed by atoms with Crippen LogP contribution in [0.1, 0.15) is 25.7 Å². The summed E-state index contributed by atoms with van der Waals surface area (Å²) in [4.78, 5) is 0. The molecule has 2 atom stereocenters. The molecule has 1 aliphatic rings. The SMILES string of the molecule is NC1CCCC(Nc2cccc3cn[nH]c23)C1. The zero-order valence-corrected chi connectivity index (χ0v) is 9.82. The molecule has 90 valence electrons. The molecule has 1 aliphatic carbocycles. The molecule has 4 N–H and O–H groups in total. The van der Waals surface area contributed by atoms with E-state index in [4.69, 9.17) is 5.73 Å². The van der Waals surface area contributed by atoms with Gasteiger partial charge in [-0.25, -0.2) is 0 Å². The van der Waals surface area contributed by atoms with Crippen LogP contribution in [0.25, 0.3) is 10.9 Å². The maximum Gasteiger partial charge on any atom is 0.0881 e. The Bertz CT molecular complexity index is 505. The number of aromatic amines is 1. The summed E-state index contributed by atoms with van der Waals surface area (Å²) >= 11 is 0. The van der Waals surface area contributed by atoms with Gasteiger partial charge < -0.3 is 11.1 Å². The van der Waals surface area contributed by atoms with Crippen LogP contribution in [0.5, 0.6) is 0 Å². The Morgan fingerprint density at radius 1 is 1.35 bits per heavy atom. The fraction of sp³-hybridized carbons (Fsp3) is 0.462. The minimum atomic E-state index is 0.349. The number of para-hydroxylation sites is 1. The molecular weight excluding hydrogens is 212 g/mol. The van der Waals surface area contributed by atoms with Crippen molar-refractivity contribution in [3.05, 3.63) is 24.4 Å². The number of nitrogens with two attached hydrogens (primary N) is 1. The van der Waals surface area contributed by atoms with Crippen molar-refractivity contribution < 1.29 is 0 Å². The van der Waals surface area contributed by atoms with Gasteiger partial charge in [0.2, 0.25) is 0 Å². The second-order valence-electron chi connectivity index (χ2n) is 4.91. The number of nitrogens with zero attached hydrogens (tertiary/aromatic N) is 1. The minimum Gasteiger partial charge on any atom is -0.381 e. The van der Waals surface area contributed by atoms with Gasteiger partial charge in [-0.3, -0.25) is 5.10 Å². The first-order chi connectivity index (χ1) is 8.33. The number of rotatable bonds is 2. The topological polar surface area (TPSA) is 66.7 Å². The number of fused-ring (bicyclic) bond motifs is 1. The van der Waals surface area contributed by atoms with Crippen molar-refractivity contribution >= 4 is 16.6 Å². The molecule has 3 rings (SSSR count). The minimum absolute atomic E-state index is 0.349. The van der Waals surface area contributed by atoms with E-state index in [0.717, 1.165) is 29.4 Å². The number of H-pyrrole nitrogens is 1. The maximum atomic E-state index is 6.01. The number of anilines is 1. The van der Waals surface area contributed by atoms with E-state index in [2.05, 4.69) is 33.7 Å². The van der Waals surface area contributed by atoms with Gasteiger partial charge >= 0.3 is 0 Å². The second kappa shape index (κ2) is 4.37. The van der Waals surface area contributed by atoms with E-state index in [1.54, 1.807) is 0 Å². The quantitative estimate of drug-likeness (QED) is 0.741. The fourth-order valence-electron chi connectivity index (χ4n) is 2.67. The lowest BCUT2D eigenvalue weighted by Gasteiger charge is -2.28. The standard InChI is InChI=1S/C13H18N4/c14-10-4-2-5-11(7-10)16-12-6-1-3-9-8-15-17-13(9)12/h1,3,6,8,10-11,16H,2,4-5,7,14H2,(H,15,17). The third-order valence-electron chi connectivity index (χ3n) is 3.55. The molecule has 0 aliphatic heterocycles. The van der Waals surface area contributed by atoms with Gasteiger partial charge in [0.1, 0.15) is 0 Å². The summed E-state index contributed by atoms with van der Waals surface area (Å²) in [6.07, 6.45) is 6.50. The fourth-order valence-corrected chi connectivity index (χ4v) is 2.67. The highest BCUT2D eigenvalue weighted by molar-refractivity contribution is 5.89. The Kier molecular flexibility index (Phi) is 2.73.